The maximum atomic E-state index is 13.0. The first-order valence-corrected chi connectivity index (χ1v) is 9.34. The highest BCUT2D eigenvalue weighted by Crippen LogP contribution is 2.36. The summed E-state index contributed by atoms with van der Waals surface area (Å²) in [4.78, 5) is 12.5. The predicted molar refractivity (Wildman–Crippen MR) is 101 cm³/mol. The molecular weight excluding hydrogens is 426 g/mol. The van der Waals surface area contributed by atoms with E-state index in [0.29, 0.717) is 17.7 Å². The molecule has 0 aliphatic carbocycles. The Bertz CT molecular complexity index is 860. The average molecular weight is 448 g/mol. The first kappa shape index (κ1) is 24.7. The molecule has 0 radical (unpaired) electrons. The molecular formula is C21H22F6N2O2. The van der Waals surface area contributed by atoms with Crippen molar-refractivity contribution in [3.63, 3.8) is 0 Å². The number of hydroxylamine groups is 1. The van der Waals surface area contributed by atoms with Crippen LogP contribution in [0.5, 0.6) is 0 Å². The van der Waals surface area contributed by atoms with Gasteiger partial charge in [0, 0.05) is 6.54 Å². The molecule has 0 aliphatic rings. The fourth-order valence-corrected chi connectivity index (χ4v) is 3.10. The first-order valence-electron chi connectivity index (χ1n) is 9.34. The number of hydrogen-bond donors (Lipinski definition) is 3. The fourth-order valence-electron chi connectivity index (χ4n) is 3.10. The van der Waals surface area contributed by atoms with E-state index in [1.807, 2.05) is 19.3 Å². The molecule has 2 aromatic carbocycles. The van der Waals surface area contributed by atoms with Crippen molar-refractivity contribution in [1.82, 2.24) is 10.8 Å². The summed E-state index contributed by atoms with van der Waals surface area (Å²) in [5, 5.41) is 11.4. The Morgan fingerprint density at radius 2 is 1.42 bits per heavy atom. The number of carbonyl (C=O) groups excluding carboxylic acids is 1. The van der Waals surface area contributed by atoms with Crippen LogP contribution in [-0.2, 0) is 30.1 Å². The van der Waals surface area contributed by atoms with Gasteiger partial charge in [-0.1, -0.05) is 38.1 Å². The Morgan fingerprint density at radius 3 is 1.84 bits per heavy atom. The summed E-state index contributed by atoms with van der Waals surface area (Å²) in [6.07, 6.45) is -10.6. The molecule has 4 nitrogen and oxygen atoms in total. The van der Waals surface area contributed by atoms with E-state index in [1.165, 1.54) is 0 Å². The van der Waals surface area contributed by atoms with Crippen molar-refractivity contribution in [3.05, 3.63) is 70.3 Å². The van der Waals surface area contributed by atoms with Gasteiger partial charge >= 0.3 is 12.4 Å². The standard InChI is InChI=1S/C21H22F6N2O2/c1-12(2)19(15-5-3-13(4-6-15)11-28-31)29-18(30)9-14-7-16(20(22,23)24)10-17(8-14)21(25,26)27/h3-8,10,12,19,28,31H,9,11H2,1-2H3,(H,29,30). The van der Waals surface area contributed by atoms with Crippen LogP contribution >= 0.6 is 0 Å². The van der Waals surface area contributed by atoms with E-state index in [-0.39, 0.29) is 24.1 Å². The quantitative estimate of drug-likeness (QED) is 0.400. The number of halogens is 6. The summed E-state index contributed by atoms with van der Waals surface area (Å²) in [5.74, 6) is -0.801. The molecule has 0 aliphatic heterocycles. The van der Waals surface area contributed by atoms with E-state index in [2.05, 4.69) is 5.32 Å². The number of benzene rings is 2. The second-order valence-electron chi connectivity index (χ2n) is 7.46. The van der Waals surface area contributed by atoms with Crippen LogP contribution in [0, 0.1) is 5.92 Å². The van der Waals surface area contributed by atoms with E-state index >= 15 is 0 Å². The molecule has 1 unspecified atom stereocenters. The van der Waals surface area contributed by atoms with Crippen LogP contribution < -0.4 is 10.8 Å². The van der Waals surface area contributed by atoms with E-state index in [0.717, 1.165) is 5.56 Å². The maximum Gasteiger partial charge on any atom is 0.416 e. The number of carbonyl (C=O) groups is 1. The van der Waals surface area contributed by atoms with Crippen LogP contribution in [0.2, 0.25) is 0 Å². The minimum absolute atomic E-state index is 0.0289. The molecule has 2 aromatic rings. The van der Waals surface area contributed by atoms with Gasteiger partial charge in [-0.25, -0.2) is 5.48 Å². The Hall–Kier alpha value is -2.59. The minimum Gasteiger partial charge on any atom is -0.349 e. The molecule has 0 fully saturated rings. The van der Waals surface area contributed by atoms with Crippen molar-refractivity contribution in [3.8, 4) is 0 Å². The number of amides is 1. The SMILES string of the molecule is CC(C)C(NC(=O)Cc1cc(C(F)(F)F)cc(C(F)(F)F)c1)c1ccc(CNO)cc1. The van der Waals surface area contributed by atoms with Crippen molar-refractivity contribution < 1.29 is 36.3 Å². The van der Waals surface area contributed by atoms with Crippen LogP contribution in [0.4, 0.5) is 26.3 Å². The molecule has 0 saturated heterocycles. The van der Waals surface area contributed by atoms with Gasteiger partial charge in [-0.05, 0) is 40.8 Å². The average Bonchev–Trinajstić information content (AvgIpc) is 2.65. The monoisotopic (exact) mass is 448 g/mol. The van der Waals surface area contributed by atoms with Crippen molar-refractivity contribution in [1.29, 1.82) is 0 Å². The van der Waals surface area contributed by atoms with Crippen LogP contribution in [0.3, 0.4) is 0 Å². The van der Waals surface area contributed by atoms with Gasteiger partial charge in [0.05, 0.1) is 23.6 Å². The highest BCUT2D eigenvalue weighted by Gasteiger charge is 2.37. The van der Waals surface area contributed by atoms with Gasteiger partial charge in [-0.3, -0.25) is 4.79 Å². The number of rotatable bonds is 7. The lowest BCUT2D eigenvalue weighted by Crippen LogP contribution is -2.33. The van der Waals surface area contributed by atoms with Gasteiger partial charge in [0.2, 0.25) is 5.91 Å². The molecule has 1 amide bonds. The molecule has 0 spiro atoms. The van der Waals surface area contributed by atoms with Gasteiger partial charge in [-0.2, -0.15) is 26.3 Å². The van der Waals surface area contributed by atoms with E-state index in [9.17, 15) is 31.1 Å². The normalized spacial score (nSPS) is 13.4. The number of nitrogens with one attached hydrogen (secondary N) is 2. The lowest BCUT2D eigenvalue weighted by Gasteiger charge is -2.23. The van der Waals surface area contributed by atoms with Crippen molar-refractivity contribution in [2.75, 3.05) is 0 Å². The lowest BCUT2D eigenvalue weighted by molar-refractivity contribution is -0.143. The fraction of sp³-hybridized carbons (Fsp3) is 0.381. The van der Waals surface area contributed by atoms with Crippen molar-refractivity contribution >= 4 is 5.91 Å². The Balaban J connectivity index is 2.24. The summed E-state index contributed by atoms with van der Waals surface area (Å²) in [6.45, 7) is 3.86. The zero-order valence-corrected chi connectivity index (χ0v) is 16.7. The number of alkyl halides is 6. The zero-order valence-electron chi connectivity index (χ0n) is 16.7. The largest absolute Gasteiger partial charge is 0.416 e. The van der Waals surface area contributed by atoms with Crippen LogP contribution in [0.1, 0.15) is 47.7 Å². The second kappa shape index (κ2) is 9.69. The summed E-state index contributed by atoms with van der Waals surface area (Å²) in [6, 6.07) is 7.53. The van der Waals surface area contributed by atoms with E-state index < -0.39 is 41.8 Å². The topological polar surface area (TPSA) is 61.4 Å². The first-order chi connectivity index (χ1) is 14.3. The van der Waals surface area contributed by atoms with Gasteiger partial charge < -0.3 is 10.5 Å². The van der Waals surface area contributed by atoms with Crippen LogP contribution in [0.15, 0.2) is 42.5 Å². The molecule has 0 bridgehead atoms. The highest BCUT2D eigenvalue weighted by molar-refractivity contribution is 5.79. The molecule has 0 heterocycles. The molecule has 10 heteroatoms. The van der Waals surface area contributed by atoms with Crippen molar-refractivity contribution in [2.24, 2.45) is 5.92 Å². The van der Waals surface area contributed by atoms with Gasteiger partial charge in [0.25, 0.3) is 0 Å². The van der Waals surface area contributed by atoms with Gasteiger partial charge in [-0.15, -0.1) is 0 Å². The predicted octanol–water partition coefficient (Wildman–Crippen LogP) is 5.26. The third-order valence-electron chi connectivity index (χ3n) is 4.62. The summed E-state index contributed by atoms with van der Waals surface area (Å²) in [7, 11) is 0. The molecule has 31 heavy (non-hydrogen) atoms. The smallest absolute Gasteiger partial charge is 0.349 e. The molecule has 170 valence electrons. The van der Waals surface area contributed by atoms with E-state index in [1.54, 1.807) is 24.3 Å². The maximum absolute atomic E-state index is 13.0. The van der Waals surface area contributed by atoms with Gasteiger partial charge in [0.1, 0.15) is 0 Å². The highest BCUT2D eigenvalue weighted by atomic mass is 19.4. The summed E-state index contributed by atoms with van der Waals surface area (Å²) in [5.41, 5.74) is 0.207. The molecule has 0 saturated carbocycles. The van der Waals surface area contributed by atoms with Crippen molar-refractivity contribution in [2.45, 2.75) is 45.2 Å². The molecule has 1 atom stereocenters. The molecule has 0 aromatic heterocycles. The zero-order chi connectivity index (χ0) is 23.4. The Kier molecular flexibility index (Phi) is 7.72. The summed E-state index contributed by atoms with van der Waals surface area (Å²) >= 11 is 0. The van der Waals surface area contributed by atoms with Gasteiger partial charge in [0.15, 0.2) is 0 Å². The Morgan fingerprint density at radius 1 is 0.903 bits per heavy atom. The minimum atomic E-state index is -4.97. The van der Waals surface area contributed by atoms with Crippen LogP contribution in [0.25, 0.3) is 0 Å². The second-order valence-corrected chi connectivity index (χ2v) is 7.46. The van der Waals surface area contributed by atoms with E-state index in [4.69, 9.17) is 5.21 Å². The lowest BCUT2D eigenvalue weighted by atomic mass is 9.94. The molecule has 2 rings (SSSR count). The Labute approximate surface area is 175 Å². The summed E-state index contributed by atoms with van der Waals surface area (Å²) < 4.78 is 78.1. The molecule has 3 N–H and O–H groups in total. The third-order valence-corrected chi connectivity index (χ3v) is 4.62. The number of hydrogen-bond acceptors (Lipinski definition) is 3. The third kappa shape index (κ3) is 6.96. The van der Waals surface area contributed by atoms with Crippen LogP contribution in [-0.4, -0.2) is 11.1 Å².